The molecule has 2 aromatic rings. The second kappa shape index (κ2) is 7.12. The third-order valence-corrected chi connectivity index (χ3v) is 4.03. The van der Waals surface area contributed by atoms with Crippen molar-refractivity contribution in [3.63, 3.8) is 0 Å². The summed E-state index contributed by atoms with van der Waals surface area (Å²) in [6.45, 7) is 0.558. The fourth-order valence-corrected chi connectivity index (χ4v) is 2.99. The number of nitrogens with zero attached hydrogens (tertiary/aromatic N) is 1. The molecule has 1 aliphatic heterocycles. The van der Waals surface area contributed by atoms with Crippen LogP contribution >= 0.6 is 0 Å². The molecule has 0 aliphatic carbocycles. The molecule has 2 aromatic carbocycles. The van der Waals surface area contributed by atoms with E-state index in [1.165, 1.54) is 0 Å². The lowest BCUT2D eigenvalue weighted by Crippen LogP contribution is -2.35. The molecule has 114 valence electrons. The number of para-hydroxylation sites is 2. The van der Waals surface area contributed by atoms with Gasteiger partial charge in [0.2, 0.25) is 0 Å². The molecule has 22 heavy (non-hydrogen) atoms. The van der Waals surface area contributed by atoms with Crippen molar-refractivity contribution in [2.75, 3.05) is 11.5 Å². The van der Waals surface area contributed by atoms with E-state index in [0.717, 1.165) is 30.6 Å². The highest BCUT2D eigenvalue weighted by atomic mass is 16.5. The average Bonchev–Trinajstić information content (AvgIpc) is 2.54. The molecule has 1 unspecified atom stereocenters. The molecular weight excluding hydrogens is 274 g/mol. The van der Waals surface area contributed by atoms with Crippen molar-refractivity contribution >= 4 is 17.3 Å². The highest BCUT2D eigenvalue weighted by Crippen LogP contribution is 2.31. The van der Waals surface area contributed by atoms with Crippen molar-refractivity contribution in [2.24, 2.45) is 0 Å². The predicted molar refractivity (Wildman–Crippen MR) is 88.2 cm³/mol. The Labute approximate surface area is 131 Å². The normalized spacial score (nSPS) is 18.9. The molecule has 0 spiro atoms. The minimum Gasteiger partial charge on any atom is -0.466 e. The first-order valence-electron chi connectivity index (χ1n) is 7.89. The van der Waals surface area contributed by atoms with E-state index in [2.05, 4.69) is 29.2 Å². The summed E-state index contributed by atoms with van der Waals surface area (Å²) in [6.07, 6.45) is 3.45. The number of hydrogen-bond acceptors (Lipinski definition) is 3. The molecule has 0 aromatic heterocycles. The SMILES string of the molecule is O=C1CC(N(c2ccccc2)c2ccccc2)CCCCO1. The molecular formula is C19H21NO2. The zero-order valence-electron chi connectivity index (χ0n) is 12.7. The van der Waals surface area contributed by atoms with E-state index in [4.69, 9.17) is 4.74 Å². The van der Waals surface area contributed by atoms with E-state index < -0.39 is 0 Å². The Bertz CT molecular complexity index is 558. The van der Waals surface area contributed by atoms with Crippen LogP contribution in [0, 0.1) is 0 Å². The van der Waals surface area contributed by atoms with Crippen molar-refractivity contribution in [2.45, 2.75) is 31.7 Å². The molecule has 0 saturated carbocycles. The van der Waals surface area contributed by atoms with Crippen LogP contribution in [0.15, 0.2) is 60.7 Å². The number of benzene rings is 2. The third kappa shape index (κ3) is 3.48. The molecule has 1 atom stereocenters. The molecule has 3 heteroatoms. The lowest BCUT2D eigenvalue weighted by Gasteiger charge is -2.34. The number of anilines is 2. The fourth-order valence-electron chi connectivity index (χ4n) is 2.99. The number of esters is 1. The van der Waals surface area contributed by atoms with Crippen LogP contribution in [0.25, 0.3) is 0 Å². The summed E-state index contributed by atoms with van der Waals surface area (Å²) in [5, 5.41) is 0. The van der Waals surface area contributed by atoms with E-state index in [1.807, 2.05) is 36.4 Å². The van der Waals surface area contributed by atoms with Gasteiger partial charge < -0.3 is 9.64 Å². The second-order valence-corrected chi connectivity index (χ2v) is 5.62. The van der Waals surface area contributed by atoms with Gasteiger partial charge in [-0.15, -0.1) is 0 Å². The van der Waals surface area contributed by atoms with Gasteiger partial charge in [-0.05, 0) is 43.5 Å². The van der Waals surface area contributed by atoms with Gasteiger partial charge >= 0.3 is 5.97 Å². The summed E-state index contributed by atoms with van der Waals surface area (Å²) < 4.78 is 5.27. The molecule has 0 radical (unpaired) electrons. The van der Waals surface area contributed by atoms with E-state index >= 15 is 0 Å². The lowest BCUT2D eigenvalue weighted by molar-refractivity contribution is -0.144. The average molecular weight is 295 g/mol. The Morgan fingerprint density at radius 1 is 0.864 bits per heavy atom. The molecule has 1 heterocycles. The quantitative estimate of drug-likeness (QED) is 0.790. The maximum absolute atomic E-state index is 12.0. The first kappa shape index (κ1) is 14.6. The van der Waals surface area contributed by atoms with Gasteiger partial charge in [0.05, 0.1) is 13.0 Å². The van der Waals surface area contributed by atoms with Gasteiger partial charge in [-0.1, -0.05) is 36.4 Å². The Morgan fingerprint density at radius 2 is 1.45 bits per heavy atom. The van der Waals surface area contributed by atoms with Crippen molar-refractivity contribution in [1.29, 1.82) is 0 Å². The van der Waals surface area contributed by atoms with Crippen molar-refractivity contribution in [3.8, 4) is 0 Å². The summed E-state index contributed by atoms with van der Waals surface area (Å²) in [5.41, 5.74) is 2.24. The predicted octanol–water partition coefficient (Wildman–Crippen LogP) is 4.31. The first-order valence-corrected chi connectivity index (χ1v) is 7.89. The topological polar surface area (TPSA) is 29.5 Å². The van der Waals surface area contributed by atoms with E-state index in [1.54, 1.807) is 0 Å². The zero-order valence-corrected chi connectivity index (χ0v) is 12.7. The summed E-state index contributed by atoms with van der Waals surface area (Å²) >= 11 is 0. The smallest absolute Gasteiger partial charge is 0.307 e. The fraction of sp³-hybridized carbons (Fsp3) is 0.316. The maximum atomic E-state index is 12.0. The van der Waals surface area contributed by atoms with Crippen LogP contribution in [-0.2, 0) is 9.53 Å². The standard InChI is InChI=1S/C19H21NO2/c21-19-15-18(13-7-8-14-22-19)20(16-9-3-1-4-10-16)17-11-5-2-6-12-17/h1-6,9-12,18H,7-8,13-15H2. The van der Waals surface area contributed by atoms with Crippen LogP contribution in [0.2, 0.25) is 0 Å². The summed E-state index contributed by atoms with van der Waals surface area (Å²) in [7, 11) is 0. The molecule has 3 rings (SSSR count). The molecule has 1 fully saturated rings. The molecule has 0 bridgehead atoms. The maximum Gasteiger partial charge on any atom is 0.307 e. The van der Waals surface area contributed by atoms with Gasteiger partial charge in [0, 0.05) is 17.4 Å². The molecule has 1 aliphatic rings. The van der Waals surface area contributed by atoms with Gasteiger partial charge in [0.25, 0.3) is 0 Å². The minimum absolute atomic E-state index is 0.0958. The zero-order chi connectivity index (χ0) is 15.2. The van der Waals surface area contributed by atoms with Gasteiger partial charge in [-0.25, -0.2) is 0 Å². The Kier molecular flexibility index (Phi) is 4.74. The van der Waals surface area contributed by atoms with E-state index in [0.29, 0.717) is 13.0 Å². The number of cyclic esters (lactones) is 1. The van der Waals surface area contributed by atoms with Crippen LogP contribution in [0.5, 0.6) is 0 Å². The number of carbonyl (C=O) groups excluding carboxylic acids is 1. The number of hydrogen-bond donors (Lipinski definition) is 0. The summed E-state index contributed by atoms with van der Waals surface area (Å²) in [6, 6.07) is 20.7. The Hall–Kier alpha value is -2.29. The Morgan fingerprint density at radius 3 is 2.05 bits per heavy atom. The highest BCUT2D eigenvalue weighted by molar-refractivity contribution is 5.73. The van der Waals surface area contributed by atoms with Crippen LogP contribution in [0.3, 0.4) is 0 Å². The highest BCUT2D eigenvalue weighted by Gasteiger charge is 2.25. The van der Waals surface area contributed by atoms with Crippen molar-refractivity contribution in [3.05, 3.63) is 60.7 Å². The van der Waals surface area contributed by atoms with Gasteiger partial charge in [-0.3, -0.25) is 4.79 Å². The van der Waals surface area contributed by atoms with Crippen LogP contribution < -0.4 is 4.90 Å². The minimum atomic E-state index is -0.0958. The van der Waals surface area contributed by atoms with E-state index in [9.17, 15) is 4.79 Å². The van der Waals surface area contributed by atoms with Gasteiger partial charge in [0.1, 0.15) is 0 Å². The van der Waals surface area contributed by atoms with Crippen LogP contribution in [0.4, 0.5) is 11.4 Å². The van der Waals surface area contributed by atoms with E-state index in [-0.39, 0.29) is 12.0 Å². The van der Waals surface area contributed by atoms with Crippen LogP contribution in [-0.4, -0.2) is 18.6 Å². The van der Waals surface area contributed by atoms with Crippen molar-refractivity contribution in [1.82, 2.24) is 0 Å². The summed E-state index contributed by atoms with van der Waals surface area (Å²) in [4.78, 5) is 14.2. The number of rotatable bonds is 3. The largest absolute Gasteiger partial charge is 0.466 e. The number of carbonyl (C=O) groups is 1. The van der Waals surface area contributed by atoms with Crippen LogP contribution in [0.1, 0.15) is 25.7 Å². The number of ether oxygens (including phenoxy) is 1. The molecule has 0 amide bonds. The molecule has 1 saturated heterocycles. The van der Waals surface area contributed by atoms with Gasteiger partial charge in [-0.2, -0.15) is 0 Å². The Balaban J connectivity index is 1.95. The van der Waals surface area contributed by atoms with Gasteiger partial charge in [0.15, 0.2) is 0 Å². The monoisotopic (exact) mass is 295 g/mol. The second-order valence-electron chi connectivity index (χ2n) is 5.62. The molecule has 3 nitrogen and oxygen atoms in total. The molecule has 0 N–H and O–H groups in total. The lowest BCUT2D eigenvalue weighted by atomic mass is 10.0. The summed E-state index contributed by atoms with van der Waals surface area (Å²) in [5.74, 6) is -0.0958. The third-order valence-electron chi connectivity index (χ3n) is 4.03. The first-order chi connectivity index (χ1) is 10.8. The van der Waals surface area contributed by atoms with Crippen molar-refractivity contribution < 1.29 is 9.53 Å².